The van der Waals surface area contributed by atoms with Gasteiger partial charge in [-0.2, -0.15) is 4.98 Å². The lowest BCUT2D eigenvalue weighted by Gasteiger charge is -2.30. The molecule has 1 fully saturated rings. The maximum atomic E-state index is 12.2. The molecule has 7 nitrogen and oxygen atoms in total. The highest BCUT2D eigenvalue weighted by Gasteiger charge is 2.24. The first-order valence-corrected chi connectivity index (χ1v) is 8.99. The normalized spacial score (nSPS) is 16.5. The molecule has 1 saturated carbocycles. The molecule has 2 heterocycles. The zero-order chi connectivity index (χ0) is 17.5. The highest BCUT2D eigenvalue weighted by atomic mass is 16.5. The van der Waals surface area contributed by atoms with Gasteiger partial charge in [-0.3, -0.25) is 9.78 Å². The molecule has 1 aliphatic carbocycles. The van der Waals surface area contributed by atoms with Crippen LogP contribution < -0.4 is 11.1 Å². The van der Waals surface area contributed by atoms with Gasteiger partial charge in [-0.25, -0.2) is 0 Å². The third kappa shape index (κ3) is 4.85. The molecule has 25 heavy (non-hydrogen) atoms. The maximum Gasteiger partial charge on any atom is 0.227 e. The van der Waals surface area contributed by atoms with Crippen LogP contribution in [0.4, 0.5) is 0 Å². The second-order valence-corrected chi connectivity index (χ2v) is 6.53. The lowest BCUT2D eigenvalue weighted by atomic mass is 9.84. The molecule has 3 N–H and O–H groups in total. The molecule has 0 aromatic carbocycles. The van der Waals surface area contributed by atoms with Crippen molar-refractivity contribution in [2.45, 2.75) is 51.0 Å². The van der Waals surface area contributed by atoms with Gasteiger partial charge in [-0.15, -0.1) is 0 Å². The number of nitrogens with zero attached hydrogens (tertiary/aromatic N) is 3. The first-order valence-electron chi connectivity index (χ1n) is 8.99. The Labute approximate surface area is 147 Å². The summed E-state index contributed by atoms with van der Waals surface area (Å²) in [5.74, 6) is 1.37. The monoisotopic (exact) mass is 343 g/mol. The number of carbonyl (C=O) groups is 1. The minimum atomic E-state index is -0.0152. The molecule has 1 aliphatic rings. The summed E-state index contributed by atoms with van der Waals surface area (Å²) >= 11 is 0. The lowest BCUT2D eigenvalue weighted by molar-refractivity contribution is -0.122. The SMILES string of the molecule is NCC(NC(=O)CCc1nc(-c2ccccn2)no1)C1CCCCC1. The third-order valence-corrected chi connectivity index (χ3v) is 4.75. The van der Waals surface area contributed by atoms with Gasteiger partial charge in [-0.05, 0) is 30.9 Å². The Kier molecular flexibility index (Phi) is 6.11. The molecule has 0 radical (unpaired) electrons. The number of amides is 1. The molecule has 7 heteroatoms. The zero-order valence-corrected chi connectivity index (χ0v) is 14.4. The van der Waals surface area contributed by atoms with Gasteiger partial charge >= 0.3 is 0 Å². The predicted octanol–water partition coefficient (Wildman–Crippen LogP) is 2.09. The first-order chi connectivity index (χ1) is 12.3. The van der Waals surface area contributed by atoms with Gasteiger partial charge in [0, 0.05) is 31.6 Å². The second kappa shape index (κ2) is 8.71. The molecule has 134 valence electrons. The highest BCUT2D eigenvalue weighted by Crippen LogP contribution is 2.26. The Morgan fingerprint density at radius 2 is 2.16 bits per heavy atom. The molecule has 0 spiro atoms. The summed E-state index contributed by atoms with van der Waals surface area (Å²) in [6, 6.07) is 5.58. The average Bonchev–Trinajstić information content (AvgIpc) is 3.15. The van der Waals surface area contributed by atoms with Crippen molar-refractivity contribution < 1.29 is 9.32 Å². The minimum absolute atomic E-state index is 0.0152. The van der Waals surface area contributed by atoms with Gasteiger partial charge < -0.3 is 15.6 Å². The van der Waals surface area contributed by atoms with Crippen molar-refractivity contribution >= 4 is 5.91 Å². The van der Waals surface area contributed by atoms with Crippen LogP contribution in [0.15, 0.2) is 28.9 Å². The number of nitrogens with two attached hydrogens (primary N) is 1. The Balaban J connectivity index is 1.49. The molecule has 1 unspecified atom stereocenters. The van der Waals surface area contributed by atoms with E-state index in [9.17, 15) is 4.79 Å². The smallest absolute Gasteiger partial charge is 0.227 e. The number of carbonyl (C=O) groups excluding carboxylic acids is 1. The van der Waals surface area contributed by atoms with E-state index in [2.05, 4.69) is 20.4 Å². The van der Waals surface area contributed by atoms with E-state index in [1.165, 1.54) is 19.3 Å². The van der Waals surface area contributed by atoms with Gasteiger partial charge in [0.25, 0.3) is 0 Å². The van der Waals surface area contributed by atoms with Gasteiger partial charge in [0.1, 0.15) is 5.69 Å². The van der Waals surface area contributed by atoms with Crippen molar-refractivity contribution in [3.8, 4) is 11.5 Å². The van der Waals surface area contributed by atoms with E-state index in [0.29, 0.717) is 42.7 Å². The highest BCUT2D eigenvalue weighted by molar-refractivity contribution is 5.76. The van der Waals surface area contributed by atoms with Crippen LogP contribution in [0.5, 0.6) is 0 Å². The fraction of sp³-hybridized carbons (Fsp3) is 0.556. The van der Waals surface area contributed by atoms with E-state index >= 15 is 0 Å². The number of rotatable bonds is 7. The van der Waals surface area contributed by atoms with Crippen molar-refractivity contribution in [2.24, 2.45) is 11.7 Å². The molecule has 3 rings (SSSR count). The molecule has 0 saturated heterocycles. The molecule has 2 aromatic heterocycles. The predicted molar refractivity (Wildman–Crippen MR) is 93.4 cm³/mol. The number of hydrogen-bond donors (Lipinski definition) is 2. The summed E-state index contributed by atoms with van der Waals surface area (Å²) in [6.45, 7) is 0.487. The zero-order valence-electron chi connectivity index (χ0n) is 14.4. The van der Waals surface area contributed by atoms with Crippen LogP contribution in [0, 0.1) is 5.92 Å². The minimum Gasteiger partial charge on any atom is -0.352 e. The van der Waals surface area contributed by atoms with Crippen molar-refractivity contribution in [1.82, 2.24) is 20.4 Å². The van der Waals surface area contributed by atoms with Crippen molar-refractivity contribution in [3.63, 3.8) is 0 Å². The Bertz CT molecular complexity index is 667. The Hall–Kier alpha value is -2.28. The van der Waals surface area contributed by atoms with E-state index in [4.69, 9.17) is 10.3 Å². The van der Waals surface area contributed by atoms with Crippen LogP contribution in [0.2, 0.25) is 0 Å². The molecule has 2 aromatic rings. The topological polar surface area (TPSA) is 107 Å². The summed E-state index contributed by atoms with van der Waals surface area (Å²) in [5, 5.41) is 6.99. The number of aryl methyl sites for hydroxylation is 1. The van der Waals surface area contributed by atoms with Crippen molar-refractivity contribution in [2.75, 3.05) is 6.54 Å². The number of hydrogen-bond acceptors (Lipinski definition) is 6. The largest absolute Gasteiger partial charge is 0.352 e. The van der Waals surface area contributed by atoms with Crippen LogP contribution in [-0.4, -0.2) is 33.6 Å². The van der Waals surface area contributed by atoms with Crippen LogP contribution in [-0.2, 0) is 11.2 Å². The maximum absolute atomic E-state index is 12.2. The van der Waals surface area contributed by atoms with Gasteiger partial charge in [0.2, 0.25) is 17.6 Å². The number of pyridine rings is 1. The Morgan fingerprint density at radius 1 is 1.32 bits per heavy atom. The molecule has 1 atom stereocenters. The van der Waals surface area contributed by atoms with Crippen LogP contribution in [0.1, 0.15) is 44.4 Å². The molecular formula is C18H25N5O2. The van der Waals surface area contributed by atoms with Gasteiger partial charge in [0.15, 0.2) is 0 Å². The van der Waals surface area contributed by atoms with Crippen LogP contribution in [0.25, 0.3) is 11.5 Å². The number of nitrogens with one attached hydrogen (secondary N) is 1. The summed E-state index contributed by atoms with van der Waals surface area (Å²) < 4.78 is 5.21. The first kappa shape index (κ1) is 17.5. The third-order valence-electron chi connectivity index (χ3n) is 4.75. The summed E-state index contributed by atoms with van der Waals surface area (Å²) in [4.78, 5) is 20.7. The van der Waals surface area contributed by atoms with Gasteiger partial charge in [0.05, 0.1) is 0 Å². The van der Waals surface area contributed by atoms with Crippen molar-refractivity contribution in [3.05, 3.63) is 30.3 Å². The van der Waals surface area contributed by atoms with Crippen molar-refractivity contribution in [1.29, 1.82) is 0 Å². The molecular weight excluding hydrogens is 318 g/mol. The van der Waals surface area contributed by atoms with Crippen LogP contribution in [0.3, 0.4) is 0 Å². The Morgan fingerprint density at radius 3 is 2.88 bits per heavy atom. The fourth-order valence-electron chi connectivity index (χ4n) is 3.36. The van der Waals surface area contributed by atoms with E-state index in [-0.39, 0.29) is 11.9 Å². The van der Waals surface area contributed by atoms with E-state index < -0.39 is 0 Å². The molecule has 0 aliphatic heterocycles. The molecule has 1 amide bonds. The van der Waals surface area contributed by atoms with E-state index in [1.807, 2.05) is 18.2 Å². The average molecular weight is 343 g/mol. The van der Waals surface area contributed by atoms with Crippen LogP contribution >= 0.6 is 0 Å². The number of aromatic nitrogens is 3. The second-order valence-electron chi connectivity index (χ2n) is 6.53. The van der Waals surface area contributed by atoms with Gasteiger partial charge in [-0.1, -0.05) is 30.5 Å². The van der Waals surface area contributed by atoms with E-state index in [1.54, 1.807) is 6.20 Å². The summed E-state index contributed by atoms with van der Waals surface area (Å²) in [6.07, 6.45) is 8.46. The summed E-state index contributed by atoms with van der Waals surface area (Å²) in [5.41, 5.74) is 6.52. The quantitative estimate of drug-likeness (QED) is 0.797. The molecule has 0 bridgehead atoms. The summed E-state index contributed by atoms with van der Waals surface area (Å²) in [7, 11) is 0. The standard InChI is InChI=1S/C18H25N5O2/c19-12-15(13-6-2-1-3-7-13)21-16(24)9-10-17-22-18(23-25-17)14-8-4-5-11-20-14/h4-5,8,11,13,15H,1-3,6-7,9-10,12,19H2,(H,21,24). The van der Waals surface area contributed by atoms with E-state index in [0.717, 1.165) is 12.8 Å². The lowest BCUT2D eigenvalue weighted by Crippen LogP contribution is -2.46. The fourth-order valence-corrected chi connectivity index (χ4v) is 3.36.